The average Bonchev–Trinajstić information content (AvgIpc) is 2.49. The van der Waals surface area contributed by atoms with Gasteiger partial charge in [-0.3, -0.25) is 4.79 Å². The highest BCUT2D eigenvalue weighted by molar-refractivity contribution is 6.27. The first-order valence-corrected chi connectivity index (χ1v) is 6.51. The molecule has 0 aromatic heterocycles. The van der Waals surface area contributed by atoms with Crippen LogP contribution in [0.25, 0.3) is 0 Å². The van der Waals surface area contributed by atoms with Gasteiger partial charge in [-0.15, -0.1) is 11.6 Å². The van der Waals surface area contributed by atoms with Gasteiger partial charge in [0, 0.05) is 6.54 Å². The number of rotatable bonds is 5. The molecule has 1 N–H and O–H groups in total. The summed E-state index contributed by atoms with van der Waals surface area (Å²) in [5.41, 5.74) is -0.561. The van der Waals surface area contributed by atoms with Gasteiger partial charge in [0.05, 0.1) is 12.7 Å². The van der Waals surface area contributed by atoms with E-state index >= 15 is 0 Å². The second kappa shape index (κ2) is 7.46. The summed E-state index contributed by atoms with van der Waals surface area (Å²) < 4.78 is 41.7. The number of hydrogen-bond acceptors (Lipinski definition) is 4. The molecule has 0 fully saturated rings. The normalized spacial score (nSPS) is 12.6. The van der Waals surface area contributed by atoms with E-state index in [9.17, 15) is 27.9 Å². The number of alkyl halides is 4. The summed E-state index contributed by atoms with van der Waals surface area (Å²) in [5, 5.41) is 9.72. The minimum atomic E-state index is -4.48. The molecule has 1 rings (SSSR count). The van der Waals surface area contributed by atoms with E-state index in [1.165, 1.54) is 0 Å². The van der Waals surface area contributed by atoms with E-state index in [0.29, 0.717) is 4.90 Å². The van der Waals surface area contributed by atoms with Gasteiger partial charge in [-0.2, -0.15) is 13.2 Å². The molecule has 1 amide bonds. The lowest BCUT2D eigenvalue weighted by Gasteiger charge is -2.25. The number of esters is 1. The first-order chi connectivity index (χ1) is 10.2. The third-order valence-electron chi connectivity index (χ3n) is 2.78. The van der Waals surface area contributed by atoms with Crippen molar-refractivity contribution in [2.24, 2.45) is 0 Å². The monoisotopic (exact) mass is 339 g/mol. The molecule has 1 aromatic carbocycles. The fourth-order valence-electron chi connectivity index (χ4n) is 1.62. The highest BCUT2D eigenvalue weighted by atomic mass is 35.5. The maximum atomic E-state index is 12.5. The number of aliphatic hydroxyl groups is 1. The molecule has 0 aliphatic heterocycles. The maximum Gasteiger partial charge on any atom is 0.416 e. The molecule has 0 aliphatic rings. The van der Waals surface area contributed by atoms with Crippen molar-refractivity contribution in [1.82, 2.24) is 4.90 Å². The van der Waals surface area contributed by atoms with Crippen molar-refractivity contribution < 1.29 is 32.6 Å². The Hall–Kier alpha value is -1.80. The summed E-state index contributed by atoms with van der Waals surface area (Å²) in [5.74, 6) is -2.35. The zero-order valence-corrected chi connectivity index (χ0v) is 12.2. The predicted octanol–water partition coefficient (Wildman–Crippen LogP) is 1.76. The number of methoxy groups -OCH3 is 1. The van der Waals surface area contributed by atoms with Gasteiger partial charge in [-0.25, -0.2) is 4.79 Å². The van der Waals surface area contributed by atoms with Crippen LogP contribution in [0, 0.1) is 0 Å². The lowest BCUT2D eigenvalue weighted by Crippen LogP contribution is -2.45. The molecule has 0 bridgehead atoms. The quantitative estimate of drug-likeness (QED) is 0.504. The van der Waals surface area contributed by atoms with Crippen LogP contribution in [0.5, 0.6) is 0 Å². The Morgan fingerprint density at radius 1 is 1.32 bits per heavy atom. The smallest absolute Gasteiger partial charge is 0.416 e. The van der Waals surface area contributed by atoms with Gasteiger partial charge in [0.25, 0.3) is 0 Å². The van der Waals surface area contributed by atoms with Crippen molar-refractivity contribution in [2.45, 2.75) is 18.9 Å². The zero-order valence-electron chi connectivity index (χ0n) is 11.4. The average molecular weight is 340 g/mol. The fraction of sp³-hybridized carbons (Fsp3) is 0.385. The first-order valence-electron chi connectivity index (χ1n) is 5.98. The van der Waals surface area contributed by atoms with Crippen molar-refractivity contribution in [3.05, 3.63) is 35.4 Å². The molecule has 122 valence electrons. The van der Waals surface area contributed by atoms with E-state index in [1.807, 2.05) is 0 Å². The minimum absolute atomic E-state index is 0.286. The van der Waals surface area contributed by atoms with Crippen LogP contribution in [0.2, 0.25) is 0 Å². The zero-order chi connectivity index (χ0) is 16.9. The van der Waals surface area contributed by atoms with Crippen LogP contribution in [0.1, 0.15) is 11.1 Å². The second-order valence-electron chi connectivity index (χ2n) is 4.25. The van der Waals surface area contributed by atoms with Crippen LogP contribution in [0.3, 0.4) is 0 Å². The van der Waals surface area contributed by atoms with Gasteiger partial charge < -0.3 is 14.7 Å². The Morgan fingerprint density at radius 3 is 2.27 bits per heavy atom. The van der Waals surface area contributed by atoms with E-state index in [1.54, 1.807) is 0 Å². The first kappa shape index (κ1) is 18.2. The number of ether oxygens (including phenoxy) is 1. The van der Waals surface area contributed by atoms with Gasteiger partial charge in [-0.1, -0.05) is 12.1 Å². The highest BCUT2D eigenvalue weighted by Crippen LogP contribution is 2.29. The number of nitrogens with zero attached hydrogens (tertiary/aromatic N) is 1. The number of benzene rings is 1. The lowest BCUT2D eigenvalue weighted by atomic mass is 10.1. The highest BCUT2D eigenvalue weighted by Gasteiger charge is 2.31. The molecule has 1 atom stereocenters. The van der Waals surface area contributed by atoms with E-state index in [2.05, 4.69) is 4.74 Å². The van der Waals surface area contributed by atoms with Crippen molar-refractivity contribution in [2.75, 3.05) is 13.0 Å². The van der Waals surface area contributed by atoms with Gasteiger partial charge in [0.1, 0.15) is 5.88 Å². The SMILES string of the molecule is COC(=O)[C@H](O)N(Cc1ccc(C(F)(F)F)cc1)C(=O)CCl. The predicted molar refractivity (Wildman–Crippen MR) is 70.7 cm³/mol. The molecule has 0 aliphatic carbocycles. The standard InChI is InChI=1S/C13H13ClF3NO4/c1-22-12(21)11(20)18(10(19)6-14)7-8-2-4-9(5-3-8)13(15,16)17/h2-5,11,20H,6-7H2,1H3/t11-/m0/s1. The second-order valence-corrected chi connectivity index (χ2v) is 4.51. The van der Waals surface area contributed by atoms with Gasteiger partial charge in [-0.05, 0) is 17.7 Å². The topological polar surface area (TPSA) is 66.8 Å². The summed E-state index contributed by atoms with van der Waals surface area (Å²) in [6, 6.07) is 3.95. The molecular weight excluding hydrogens is 327 g/mol. The van der Waals surface area contributed by atoms with Gasteiger partial charge in [0.2, 0.25) is 12.1 Å². The van der Waals surface area contributed by atoms with Crippen LogP contribution < -0.4 is 0 Å². The summed E-state index contributed by atoms with van der Waals surface area (Å²) in [6.07, 6.45) is -6.37. The summed E-state index contributed by atoms with van der Waals surface area (Å²) in [7, 11) is 1.02. The van der Waals surface area contributed by atoms with Gasteiger partial charge >= 0.3 is 12.1 Å². The Bertz CT molecular complexity index is 533. The third-order valence-corrected chi connectivity index (χ3v) is 3.00. The summed E-state index contributed by atoms with van der Waals surface area (Å²) in [6.45, 7) is -0.292. The largest absolute Gasteiger partial charge is 0.466 e. The summed E-state index contributed by atoms with van der Waals surface area (Å²) in [4.78, 5) is 23.7. The number of aliphatic hydroxyl groups excluding tert-OH is 1. The van der Waals surface area contributed by atoms with E-state index in [-0.39, 0.29) is 12.1 Å². The number of amides is 1. The fourth-order valence-corrected chi connectivity index (χ4v) is 1.77. The van der Waals surface area contributed by atoms with Crippen LogP contribution in [-0.4, -0.2) is 41.1 Å². The van der Waals surface area contributed by atoms with Crippen LogP contribution in [0.15, 0.2) is 24.3 Å². The molecule has 5 nitrogen and oxygen atoms in total. The van der Waals surface area contributed by atoms with Crippen LogP contribution >= 0.6 is 11.6 Å². The molecule has 0 saturated heterocycles. The number of halogens is 4. The molecule has 9 heteroatoms. The Kier molecular flexibility index (Phi) is 6.19. The Labute approximate surface area is 129 Å². The number of hydrogen-bond donors (Lipinski definition) is 1. The van der Waals surface area contributed by atoms with Crippen molar-refractivity contribution in [3.8, 4) is 0 Å². The van der Waals surface area contributed by atoms with E-state index in [4.69, 9.17) is 11.6 Å². The minimum Gasteiger partial charge on any atom is -0.466 e. The number of carbonyl (C=O) groups is 2. The Balaban J connectivity index is 2.95. The third kappa shape index (κ3) is 4.60. The Morgan fingerprint density at radius 2 is 1.86 bits per heavy atom. The van der Waals surface area contributed by atoms with Crippen LogP contribution in [-0.2, 0) is 27.0 Å². The molecule has 0 spiro atoms. The van der Waals surface area contributed by atoms with Crippen molar-refractivity contribution in [1.29, 1.82) is 0 Å². The molecule has 0 saturated carbocycles. The molecular formula is C13H13ClF3NO4. The molecule has 0 radical (unpaired) electrons. The maximum absolute atomic E-state index is 12.5. The molecule has 1 aromatic rings. The van der Waals surface area contributed by atoms with Crippen molar-refractivity contribution >= 4 is 23.5 Å². The van der Waals surface area contributed by atoms with Crippen molar-refractivity contribution in [3.63, 3.8) is 0 Å². The summed E-state index contributed by atoms with van der Waals surface area (Å²) >= 11 is 5.39. The van der Waals surface area contributed by atoms with Gasteiger partial charge in [0.15, 0.2) is 0 Å². The number of carbonyl (C=O) groups excluding carboxylic acids is 2. The lowest BCUT2D eigenvalue weighted by molar-refractivity contribution is -0.167. The molecule has 22 heavy (non-hydrogen) atoms. The van der Waals surface area contributed by atoms with E-state index < -0.39 is 35.7 Å². The molecule has 0 unspecified atom stereocenters. The van der Waals surface area contributed by atoms with E-state index in [0.717, 1.165) is 31.4 Å². The molecule has 0 heterocycles. The van der Waals surface area contributed by atoms with Crippen LogP contribution in [0.4, 0.5) is 13.2 Å².